The van der Waals surface area contributed by atoms with Gasteiger partial charge in [0.1, 0.15) is 5.65 Å². The minimum atomic E-state index is 0. The van der Waals surface area contributed by atoms with Crippen molar-refractivity contribution >= 4 is 16.7 Å². The van der Waals surface area contributed by atoms with Crippen molar-refractivity contribution in [3.63, 3.8) is 0 Å². The molecule has 0 aromatic carbocycles. The van der Waals surface area contributed by atoms with Gasteiger partial charge in [-0.05, 0) is 25.0 Å². The Morgan fingerprint density at radius 1 is 1.62 bits per heavy atom. The maximum atomic E-state index is 4.42. The highest BCUT2D eigenvalue weighted by molar-refractivity contribution is 5.79. The molecule has 1 aliphatic heterocycles. The van der Waals surface area contributed by atoms with Crippen LogP contribution in [0.5, 0.6) is 0 Å². The number of pyridine rings is 1. The number of aromatic amines is 1. The third-order valence-electron chi connectivity index (χ3n) is 3.22. The van der Waals surface area contributed by atoms with Gasteiger partial charge >= 0.3 is 0 Å². The van der Waals surface area contributed by atoms with E-state index in [2.05, 4.69) is 46.2 Å². The van der Waals surface area contributed by atoms with E-state index in [0.717, 1.165) is 18.5 Å². The van der Waals surface area contributed by atoms with Crippen molar-refractivity contribution < 1.29 is 1.43 Å². The Bertz CT molecular complexity index is 532. The van der Waals surface area contributed by atoms with E-state index in [9.17, 15) is 0 Å². The van der Waals surface area contributed by atoms with Crippen molar-refractivity contribution in [3.05, 3.63) is 36.8 Å². The zero-order chi connectivity index (χ0) is 11.0. The van der Waals surface area contributed by atoms with Crippen LogP contribution >= 0.6 is 0 Å². The standard InChI is InChI=1S/C13H15N3.H2/c1-2-11-4-3-7-16(11)12-8-10-5-6-14-13(10)15-9-12;/h3,5-9,11H,2,4H2,1H3,(H,14,15);1H. The highest BCUT2D eigenvalue weighted by Gasteiger charge is 2.18. The number of hydrogen-bond acceptors (Lipinski definition) is 2. The van der Waals surface area contributed by atoms with Crippen molar-refractivity contribution in [2.24, 2.45) is 0 Å². The van der Waals surface area contributed by atoms with Crippen LogP contribution in [0.2, 0.25) is 0 Å². The van der Waals surface area contributed by atoms with E-state index < -0.39 is 0 Å². The first kappa shape index (κ1) is 9.46. The molecule has 84 valence electrons. The zero-order valence-corrected chi connectivity index (χ0v) is 9.35. The Balaban J connectivity index is 0.00000108. The molecular formula is C13H17N3. The predicted octanol–water partition coefficient (Wildman–Crippen LogP) is 3.31. The van der Waals surface area contributed by atoms with Crippen LogP contribution in [-0.2, 0) is 0 Å². The number of aromatic nitrogens is 2. The van der Waals surface area contributed by atoms with E-state index in [-0.39, 0.29) is 1.43 Å². The van der Waals surface area contributed by atoms with Crippen LogP contribution in [0.3, 0.4) is 0 Å². The van der Waals surface area contributed by atoms with Crippen LogP contribution in [0.15, 0.2) is 36.8 Å². The minimum Gasteiger partial charge on any atom is -0.346 e. The monoisotopic (exact) mass is 215 g/mol. The Labute approximate surface area is 96.3 Å². The van der Waals surface area contributed by atoms with Crippen LogP contribution < -0.4 is 4.90 Å². The van der Waals surface area contributed by atoms with Gasteiger partial charge in [-0.1, -0.05) is 13.0 Å². The first-order valence-electron chi connectivity index (χ1n) is 5.76. The fraction of sp³-hybridized carbons (Fsp3) is 0.308. The second kappa shape index (κ2) is 3.67. The molecule has 3 rings (SSSR count). The quantitative estimate of drug-likeness (QED) is 0.833. The number of anilines is 1. The number of nitrogens with one attached hydrogen (secondary N) is 1. The molecule has 16 heavy (non-hydrogen) atoms. The SMILES string of the molecule is CCC1CC=CN1c1cnc2[nH]ccc2c1.[HH]. The maximum Gasteiger partial charge on any atom is 0.137 e. The molecule has 0 saturated heterocycles. The number of fused-ring (bicyclic) bond motifs is 1. The van der Waals surface area contributed by atoms with E-state index >= 15 is 0 Å². The molecule has 2 aromatic rings. The summed E-state index contributed by atoms with van der Waals surface area (Å²) in [5, 5.41) is 1.17. The molecule has 2 aromatic heterocycles. The molecule has 3 heteroatoms. The summed E-state index contributed by atoms with van der Waals surface area (Å²) in [7, 11) is 0. The van der Waals surface area contributed by atoms with Crippen molar-refractivity contribution in [1.82, 2.24) is 9.97 Å². The van der Waals surface area contributed by atoms with Crippen LogP contribution in [-0.4, -0.2) is 16.0 Å². The molecule has 1 aliphatic rings. The molecule has 0 saturated carbocycles. The zero-order valence-electron chi connectivity index (χ0n) is 9.35. The summed E-state index contributed by atoms with van der Waals surface area (Å²) < 4.78 is 0. The summed E-state index contributed by atoms with van der Waals surface area (Å²) in [4.78, 5) is 9.86. The summed E-state index contributed by atoms with van der Waals surface area (Å²) in [6, 6.07) is 4.85. The van der Waals surface area contributed by atoms with Crippen LogP contribution in [0.1, 0.15) is 21.2 Å². The lowest BCUT2D eigenvalue weighted by Gasteiger charge is -2.24. The fourth-order valence-electron chi connectivity index (χ4n) is 2.30. The Hall–Kier alpha value is -1.77. The van der Waals surface area contributed by atoms with E-state index in [1.807, 2.05) is 12.4 Å². The summed E-state index contributed by atoms with van der Waals surface area (Å²) in [5.74, 6) is 0. The second-order valence-electron chi connectivity index (χ2n) is 4.20. The first-order chi connectivity index (χ1) is 7.88. The molecule has 0 amide bonds. The van der Waals surface area contributed by atoms with E-state index in [0.29, 0.717) is 6.04 Å². The highest BCUT2D eigenvalue weighted by Crippen LogP contribution is 2.27. The molecule has 0 spiro atoms. The van der Waals surface area contributed by atoms with Crippen molar-refractivity contribution in [3.8, 4) is 0 Å². The molecule has 3 heterocycles. The summed E-state index contributed by atoms with van der Waals surface area (Å²) in [6.07, 6.45) is 10.6. The van der Waals surface area contributed by atoms with Gasteiger partial charge in [-0.3, -0.25) is 0 Å². The van der Waals surface area contributed by atoms with Gasteiger partial charge in [-0.25, -0.2) is 4.98 Å². The molecular weight excluding hydrogens is 198 g/mol. The summed E-state index contributed by atoms with van der Waals surface area (Å²) in [6.45, 7) is 2.23. The lowest BCUT2D eigenvalue weighted by molar-refractivity contribution is 0.663. The third kappa shape index (κ3) is 1.40. The third-order valence-corrected chi connectivity index (χ3v) is 3.22. The average molecular weight is 215 g/mol. The first-order valence-corrected chi connectivity index (χ1v) is 5.76. The molecule has 0 bridgehead atoms. The van der Waals surface area contributed by atoms with Gasteiger partial charge in [0, 0.05) is 25.3 Å². The lowest BCUT2D eigenvalue weighted by Crippen LogP contribution is -2.25. The number of H-pyrrole nitrogens is 1. The Morgan fingerprint density at radius 3 is 3.44 bits per heavy atom. The Kier molecular flexibility index (Phi) is 2.17. The fourth-order valence-corrected chi connectivity index (χ4v) is 2.30. The average Bonchev–Trinajstić information content (AvgIpc) is 2.96. The van der Waals surface area contributed by atoms with Crippen molar-refractivity contribution in [2.45, 2.75) is 25.8 Å². The molecule has 0 radical (unpaired) electrons. The van der Waals surface area contributed by atoms with Crippen molar-refractivity contribution in [1.29, 1.82) is 0 Å². The molecule has 1 N–H and O–H groups in total. The molecule has 1 atom stereocenters. The molecule has 0 aliphatic carbocycles. The largest absolute Gasteiger partial charge is 0.346 e. The number of rotatable bonds is 2. The second-order valence-corrected chi connectivity index (χ2v) is 4.20. The van der Waals surface area contributed by atoms with E-state index in [1.54, 1.807) is 0 Å². The minimum absolute atomic E-state index is 0. The summed E-state index contributed by atoms with van der Waals surface area (Å²) in [5.41, 5.74) is 2.15. The van der Waals surface area contributed by atoms with Crippen LogP contribution in [0, 0.1) is 0 Å². The van der Waals surface area contributed by atoms with Gasteiger partial charge in [0.2, 0.25) is 0 Å². The molecule has 1 unspecified atom stereocenters. The number of hydrogen-bond donors (Lipinski definition) is 1. The van der Waals surface area contributed by atoms with Gasteiger partial charge in [-0.15, -0.1) is 0 Å². The van der Waals surface area contributed by atoms with Crippen molar-refractivity contribution in [2.75, 3.05) is 4.90 Å². The van der Waals surface area contributed by atoms with Gasteiger partial charge in [0.05, 0.1) is 11.9 Å². The van der Waals surface area contributed by atoms with Crippen LogP contribution in [0.4, 0.5) is 5.69 Å². The normalized spacial score (nSPS) is 19.8. The maximum absolute atomic E-state index is 4.42. The topological polar surface area (TPSA) is 31.9 Å². The van der Waals surface area contributed by atoms with Gasteiger partial charge in [-0.2, -0.15) is 0 Å². The Morgan fingerprint density at radius 2 is 2.56 bits per heavy atom. The predicted molar refractivity (Wildman–Crippen MR) is 68.5 cm³/mol. The van der Waals surface area contributed by atoms with Crippen LogP contribution in [0.25, 0.3) is 11.0 Å². The van der Waals surface area contributed by atoms with Gasteiger partial charge in [0.25, 0.3) is 0 Å². The molecule has 0 fully saturated rings. The van der Waals surface area contributed by atoms with E-state index in [4.69, 9.17) is 0 Å². The lowest BCUT2D eigenvalue weighted by atomic mass is 10.1. The van der Waals surface area contributed by atoms with Gasteiger partial charge < -0.3 is 9.88 Å². The molecule has 3 nitrogen and oxygen atoms in total. The van der Waals surface area contributed by atoms with Gasteiger partial charge in [0.15, 0.2) is 0 Å². The smallest absolute Gasteiger partial charge is 0.137 e. The number of nitrogens with zero attached hydrogens (tertiary/aromatic N) is 2. The van der Waals surface area contributed by atoms with E-state index in [1.165, 1.54) is 11.1 Å². The summed E-state index contributed by atoms with van der Waals surface area (Å²) >= 11 is 0. The highest BCUT2D eigenvalue weighted by atomic mass is 15.2.